The molecule has 2 N–H and O–H groups in total. The van der Waals surface area contributed by atoms with Crippen LogP contribution in [0, 0.1) is 0 Å². The quantitative estimate of drug-likeness (QED) is 0.775. The number of nitrogens with two attached hydrogens (primary N) is 1. The standard InChI is InChI=1S/C11H22N4S/c1-10(8-16-3)14(2)6-11-7-15(5-4-12)9-13-11/h7,9-10H,4-6,8,12H2,1-3H3. The van der Waals surface area contributed by atoms with E-state index in [1.165, 1.54) is 0 Å². The third-order valence-electron chi connectivity index (χ3n) is 2.65. The predicted octanol–water partition coefficient (Wildman–Crippen LogP) is 1.03. The minimum absolute atomic E-state index is 0.578. The SMILES string of the molecule is CSCC(C)N(C)Cc1cn(CCN)cn1. The Morgan fingerprint density at radius 1 is 1.62 bits per heavy atom. The van der Waals surface area contributed by atoms with Gasteiger partial charge >= 0.3 is 0 Å². The number of aromatic nitrogens is 2. The Bertz CT molecular complexity index is 300. The van der Waals surface area contributed by atoms with Crippen molar-refractivity contribution < 1.29 is 0 Å². The van der Waals surface area contributed by atoms with Gasteiger partial charge in [0, 0.05) is 37.6 Å². The summed E-state index contributed by atoms with van der Waals surface area (Å²) in [4.78, 5) is 6.70. The van der Waals surface area contributed by atoms with Crippen LogP contribution in [0.15, 0.2) is 12.5 Å². The van der Waals surface area contributed by atoms with Crippen LogP contribution >= 0.6 is 11.8 Å². The lowest BCUT2D eigenvalue weighted by molar-refractivity contribution is 0.267. The molecule has 0 spiro atoms. The minimum Gasteiger partial charge on any atom is -0.336 e. The van der Waals surface area contributed by atoms with Crippen LogP contribution in [0.5, 0.6) is 0 Å². The molecule has 0 aliphatic heterocycles. The van der Waals surface area contributed by atoms with Crippen LogP contribution in [0.4, 0.5) is 0 Å². The lowest BCUT2D eigenvalue weighted by Gasteiger charge is -2.22. The third-order valence-corrected chi connectivity index (χ3v) is 3.46. The van der Waals surface area contributed by atoms with Crippen LogP contribution in [0.3, 0.4) is 0 Å². The molecular formula is C11H22N4S. The Labute approximate surface area is 102 Å². The van der Waals surface area contributed by atoms with Crippen molar-refractivity contribution in [2.75, 3.05) is 25.6 Å². The predicted molar refractivity (Wildman–Crippen MR) is 70.6 cm³/mol. The summed E-state index contributed by atoms with van der Waals surface area (Å²) < 4.78 is 2.04. The van der Waals surface area contributed by atoms with Gasteiger partial charge in [0.25, 0.3) is 0 Å². The fourth-order valence-electron chi connectivity index (χ4n) is 1.54. The van der Waals surface area contributed by atoms with Crippen molar-refractivity contribution >= 4 is 11.8 Å². The summed E-state index contributed by atoms with van der Waals surface area (Å²) in [6, 6.07) is 0.578. The Hall–Kier alpha value is -0.520. The lowest BCUT2D eigenvalue weighted by Crippen LogP contribution is -2.30. The second kappa shape index (κ2) is 6.93. The molecule has 0 aliphatic carbocycles. The van der Waals surface area contributed by atoms with Gasteiger partial charge in [-0.3, -0.25) is 4.90 Å². The van der Waals surface area contributed by atoms with Crippen molar-refractivity contribution in [3.63, 3.8) is 0 Å². The summed E-state index contributed by atoms with van der Waals surface area (Å²) in [6.07, 6.45) is 6.07. The van der Waals surface area contributed by atoms with Gasteiger partial charge in [-0.1, -0.05) is 0 Å². The molecule has 0 bridgehead atoms. The van der Waals surface area contributed by atoms with Gasteiger partial charge in [-0.25, -0.2) is 4.98 Å². The van der Waals surface area contributed by atoms with E-state index < -0.39 is 0 Å². The highest BCUT2D eigenvalue weighted by molar-refractivity contribution is 7.98. The van der Waals surface area contributed by atoms with Gasteiger partial charge in [0.15, 0.2) is 0 Å². The maximum Gasteiger partial charge on any atom is 0.0950 e. The van der Waals surface area contributed by atoms with Crippen LogP contribution < -0.4 is 5.73 Å². The van der Waals surface area contributed by atoms with Gasteiger partial charge in [-0.15, -0.1) is 0 Å². The first kappa shape index (κ1) is 13.5. The summed E-state index contributed by atoms with van der Waals surface area (Å²) in [5, 5.41) is 0. The highest BCUT2D eigenvalue weighted by Crippen LogP contribution is 2.07. The molecule has 4 nitrogen and oxygen atoms in total. The number of hydrogen-bond donors (Lipinski definition) is 1. The molecule has 0 radical (unpaired) electrons. The van der Waals surface area contributed by atoms with E-state index in [-0.39, 0.29) is 0 Å². The monoisotopic (exact) mass is 242 g/mol. The van der Waals surface area contributed by atoms with Crippen molar-refractivity contribution in [2.24, 2.45) is 5.73 Å². The fraction of sp³-hybridized carbons (Fsp3) is 0.727. The Morgan fingerprint density at radius 3 is 3.00 bits per heavy atom. The molecule has 16 heavy (non-hydrogen) atoms. The van der Waals surface area contributed by atoms with Crippen molar-refractivity contribution in [2.45, 2.75) is 26.1 Å². The van der Waals surface area contributed by atoms with E-state index in [0.29, 0.717) is 12.6 Å². The topological polar surface area (TPSA) is 47.1 Å². The zero-order chi connectivity index (χ0) is 12.0. The molecule has 1 aromatic rings. The number of imidazole rings is 1. The van der Waals surface area contributed by atoms with Crippen LogP contribution in [0.25, 0.3) is 0 Å². The first-order valence-corrected chi connectivity index (χ1v) is 6.96. The van der Waals surface area contributed by atoms with Gasteiger partial charge in [0.1, 0.15) is 0 Å². The first-order valence-electron chi connectivity index (χ1n) is 5.57. The number of thioether (sulfide) groups is 1. The number of hydrogen-bond acceptors (Lipinski definition) is 4. The number of nitrogens with zero attached hydrogens (tertiary/aromatic N) is 3. The maximum atomic E-state index is 5.50. The van der Waals surface area contributed by atoms with E-state index in [1.807, 2.05) is 22.7 Å². The normalized spacial score (nSPS) is 13.3. The van der Waals surface area contributed by atoms with Crippen LogP contribution in [0.1, 0.15) is 12.6 Å². The maximum absolute atomic E-state index is 5.50. The molecule has 92 valence electrons. The summed E-state index contributed by atoms with van der Waals surface area (Å²) in [7, 11) is 2.14. The molecule has 0 aliphatic rings. The van der Waals surface area contributed by atoms with E-state index in [9.17, 15) is 0 Å². The fourth-order valence-corrected chi connectivity index (χ4v) is 2.28. The van der Waals surface area contributed by atoms with Crippen LogP contribution in [0.2, 0.25) is 0 Å². The largest absolute Gasteiger partial charge is 0.336 e. The zero-order valence-electron chi connectivity index (χ0n) is 10.4. The van der Waals surface area contributed by atoms with Gasteiger partial charge in [0.2, 0.25) is 0 Å². The molecule has 1 aromatic heterocycles. The van der Waals surface area contributed by atoms with Gasteiger partial charge < -0.3 is 10.3 Å². The lowest BCUT2D eigenvalue weighted by atomic mass is 10.3. The molecule has 1 atom stereocenters. The molecule has 0 fully saturated rings. The van der Waals surface area contributed by atoms with Gasteiger partial charge in [-0.2, -0.15) is 11.8 Å². The number of rotatable bonds is 7. The van der Waals surface area contributed by atoms with Gasteiger partial charge in [0.05, 0.1) is 12.0 Å². The van der Waals surface area contributed by atoms with Crippen molar-refractivity contribution in [3.8, 4) is 0 Å². The molecule has 0 aromatic carbocycles. The van der Waals surface area contributed by atoms with E-state index in [0.717, 1.165) is 24.5 Å². The first-order chi connectivity index (χ1) is 7.67. The molecular weight excluding hydrogens is 220 g/mol. The van der Waals surface area contributed by atoms with Crippen molar-refractivity contribution in [1.82, 2.24) is 14.5 Å². The molecule has 1 unspecified atom stereocenters. The molecule has 0 saturated heterocycles. The molecule has 0 saturated carbocycles. The molecule has 1 rings (SSSR count). The van der Waals surface area contributed by atoms with E-state index >= 15 is 0 Å². The summed E-state index contributed by atoms with van der Waals surface area (Å²) >= 11 is 1.88. The molecule has 0 amide bonds. The highest BCUT2D eigenvalue weighted by Gasteiger charge is 2.10. The smallest absolute Gasteiger partial charge is 0.0950 e. The second-order valence-electron chi connectivity index (χ2n) is 4.11. The molecule has 1 heterocycles. The van der Waals surface area contributed by atoms with E-state index in [1.54, 1.807) is 0 Å². The van der Waals surface area contributed by atoms with Crippen LogP contribution in [-0.2, 0) is 13.1 Å². The zero-order valence-corrected chi connectivity index (χ0v) is 11.2. The van der Waals surface area contributed by atoms with E-state index in [4.69, 9.17) is 5.73 Å². The Balaban J connectivity index is 2.45. The average molecular weight is 242 g/mol. The van der Waals surface area contributed by atoms with Gasteiger partial charge in [-0.05, 0) is 20.2 Å². The van der Waals surface area contributed by atoms with Crippen molar-refractivity contribution in [1.29, 1.82) is 0 Å². The van der Waals surface area contributed by atoms with Crippen molar-refractivity contribution in [3.05, 3.63) is 18.2 Å². The highest BCUT2D eigenvalue weighted by atomic mass is 32.2. The third kappa shape index (κ3) is 4.15. The average Bonchev–Trinajstić information content (AvgIpc) is 2.66. The van der Waals surface area contributed by atoms with E-state index in [2.05, 4.69) is 36.3 Å². The summed E-state index contributed by atoms with van der Waals surface area (Å²) in [5.74, 6) is 1.15. The Kier molecular flexibility index (Phi) is 5.87. The van der Waals surface area contributed by atoms with Crippen LogP contribution in [-0.4, -0.2) is 46.1 Å². The minimum atomic E-state index is 0.578. The molecule has 5 heteroatoms. The summed E-state index contributed by atoms with van der Waals surface area (Å²) in [5.41, 5.74) is 6.61. The Morgan fingerprint density at radius 2 is 2.38 bits per heavy atom. The second-order valence-corrected chi connectivity index (χ2v) is 5.02. The summed E-state index contributed by atoms with van der Waals surface area (Å²) in [6.45, 7) is 4.65.